The Bertz CT molecular complexity index is 422. The van der Waals surface area contributed by atoms with Crippen molar-refractivity contribution in [1.29, 1.82) is 0 Å². The second-order valence-electron chi connectivity index (χ2n) is 4.06. The Labute approximate surface area is 96.6 Å². The van der Waals surface area contributed by atoms with Gasteiger partial charge in [-0.15, -0.1) is 0 Å². The third kappa shape index (κ3) is 3.72. The molecule has 0 aliphatic heterocycles. The molecule has 0 radical (unpaired) electrons. The van der Waals surface area contributed by atoms with E-state index in [1.165, 1.54) is 0 Å². The second kappa shape index (κ2) is 4.78. The van der Waals surface area contributed by atoms with Crippen molar-refractivity contribution < 1.29 is 19.0 Å². The Kier molecular flexibility index (Phi) is 3.63. The number of nitrogens with two attached hydrogens (primary N) is 1. The van der Waals surface area contributed by atoms with E-state index in [1.807, 2.05) is 5.43 Å². The summed E-state index contributed by atoms with van der Waals surface area (Å²) in [6.07, 6.45) is -0.778. The van der Waals surface area contributed by atoms with Crippen LogP contribution in [-0.2, 0) is 4.74 Å². The average Bonchev–Trinajstić information content (AvgIpc) is 2.61. The fraction of sp³-hybridized carbons (Fsp3) is 0.500. The number of carbonyl (C=O) groups is 2. The predicted octanol–water partition coefficient (Wildman–Crippen LogP) is 0.0201. The monoisotopic (exact) mass is 243 g/mol. The molecular weight excluding hydrogens is 230 g/mol. The Morgan fingerprint density at radius 2 is 2.00 bits per heavy atom. The van der Waals surface area contributed by atoms with E-state index in [0.717, 1.165) is 0 Å². The van der Waals surface area contributed by atoms with Crippen LogP contribution in [0.25, 0.3) is 0 Å². The number of aromatic nitrogens is 2. The smallest absolute Gasteiger partial charge is 0.413 e. The minimum Gasteiger partial charge on any atom is -0.444 e. The van der Waals surface area contributed by atoms with Gasteiger partial charge < -0.3 is 4.74 Å². The van der Waals surface area contributed by atoms with Crippen LogP contribution in [0.15, 0.2) is 4.63 Å². The predicted molar refractivity (Wildman–Crippen MR) is 55.8 cm³/mol. The maximum Gasteiger partial charge on any atom is 0.413 e. The van der Waals surface area contributed by atoms with Crippen molar-refractivity contribution in [2.75, 3.05) is 5.32 Å². The van der Waals surface area contributed by atoms with Gasteiger partial charge in [0, 0.05) is 0 Å². The number of hydrogen-bond acceptors (Lipinski definition) is 7. The molecule has 4 N–H and O–H groups in total. The van der Waals surface area contributed by atoms with E-state index in [2.05, 4.69) is 20.3 Å². The first-order chi connectivity index (χ1) is 7.83. The van der Waals surface area contributed by atoms with Crippen molar-refractivity contribution in [3.8, 4) is 0 Å². The molecule has 2 amide bonds. The molecule has 17 heavy (non-hydrogen) atoms. The van der Waals surface area contributed by atoms with Crippen LogP contribution < -0.4 is 16.6 Å². The number of hydrogen-bond donors (Lipinski definition) is 3. The zero-order valence-electron chi connectivity index (χ0n) is 9.60. The largest absolute Gasteiger partial charge is 0.444 e. The van der Waals surface area contributed by atoms with Crippen molar-refractivity contribution >= 4 is 17.8 Å². The van der Waals surface area contributed by atoms with E-state index in [9.17, 15) is 9.59 Å². The van der Waals surface area contributed by atoms with E-state index < -0.39 is 17.6 Å². The summed E-state index contributed by atoms with van der Waals surface area (Å²) >= 11 is 0. The SMILES string of the molecule is CC(C)(C)OC(=O)Nc1nonc1C(=O)NN. The summed E-state index contributed by atoms with van der Waals surface area (Å²) in [5, 5.41) is 8.85. The molecule has 1 aromatic heterocycles. The highest BCUT2D eigenvalue weighted by Gasteiger charge is 2.22. The molecule has 1 aromatic rings. The van der Waals surface area contributed by atoms with Crippen LogP contribution in [0.2, 0.25) is 0 Å². The van der Waals surface area contributed by atoms with Gasteiger partial charge >= 0.3 is 6.09 Å². The van der Waals surface area contributed by atoms with Gasteiger partial charge in [0.25, 0.3) is 5.91 Å². The summed E-state index contributed by atoms with van der Waals surface area (Å²) in [5.74, 6) is 4.01. The highest BCUT2D eigenvalue weighted by atomic mass is 16.6. The molecule has 1 heterocycles. The maximum atomic E-state index is 11.4. The van der Waals surface area contributed by atoms with E-state index in [4.69, 9.17) is 10.6 Å². The third-order valence-electron chi connectivity index (χ3n) is 1.45. The van der Waals surface area contributed by atoms with E-state index in [1.54, 1.807) is 20.8 Å². The molecule has 9 nitrogen and oxygen atoms in total. The maximum absolute atomic E-state index is 11.4. The van der Waals surface area contributed by atoms with Gasteiger partial charge in [0.1, 0.15) is 5.60 Å². The van der Waals surface area contributed by atoms with Gasteiger partial charge in [0.05, 0.1) is 0 Å². The minimum absolute atomic E-state index is 0.165. The fourth-order valence-electron chi connectivity index (χ4n) is 0.888. The van der Waals surface area contributed by atoms with Crippen LogP contribution in [0.5, 0.6) is 0 Å². The Balaban J connectivity index is 2.72. The van der Waals surface area contributed by atoms with E-state index in [0.29, 0.717) is 0 Å². The van der Waals surface area contributed by atoms with Crippen molar-refractivity contribution in [2.24, 2.45) is 5.84 Å². The molecule has 1 rings (SSSR count). The Hall–Kier alpha value is -2.16. The molecular formula is C8H13N5O4. The summed E-state index contributed by atoms with van der Waals surface area (Å²) < 4.78 is 9.27. The first-order valence-electron chi connectivity index (χ1n) is 4.67. The molecule has 0 atom stereocenters. The van der Waals surface area contributed by atoms with Crippen LogP contribution in [0.3, 0.4) is 0 Å². The van der Waals surface area contributed by atoms with Gasteiger partial charge in [-0.3, -0.25) is 15.5 Å². The molecule has 0 bridgehead atoms. The number of rotatable bonds is 2. The topological polar surface area (TPSA) is 132 Å². The fourth-order valence-corrected chi connectivity index (χ4v) is 0.888. The van der Waals surface area contributed by atoms with Gasteiger partial charge in [-0.05, 0) is 31.1 Å². The molecule has 0 unspecified atom stereocenters. The van der Waals surface area contributed by atoms with Crippen molar-refractivity contribution in [3.63, 3.8) is 0 Å². The number of hydrazine groups is 1. The second-order valence-corrected chi connectivity index (χ2v) is 4.06. The molecule has 0 saturated heterocycles. The number of amides is 2. The number of anilines is 1. The van der Waals surface area contributed by atoms with Crippen LogP contribution in [0.4, 0.5) is 10.6 Å². The summed E-state index contributed by atoms with van der Waals surface area (Å²) in [4.78, 5) is 22.6. The third-order valence-corrected chi connectivity index (χ3v) is 1.45. The van der Waals surface area contributed by atoms with Gasteiger partial charge in [0.2, 0.25) is 11.5 Å². The number of nitrogens with zero attached hydrogens (tertiary/aromatic N) is 2. The molecule has 0 aliphatic carbocycles. The zero-order valence-corrected chi connectivity index (χ0v) is 9.60. The number of nitrogens with one attached hydrogen (secondary N) is 2. The lowest BCUT2D eigenvalue weighted by atomic mass is 10.2. The van der Waals surface area contributed by atoms with Crippen molar-refractivity contribution in [1.82, 2.24) is 15.7 Å². The van der Waals surface area contributed by atoms with E-state index in [-0.39, 0.29) is 11.5 Å². The Morgan fingerprint density at radius 1 is 1.35 bits per heavy atom. The minimum atomic E-state index is -0.778. The molecule has 9 heteroatoms. The normalized spacial score (nSPS) is 10.8. The lowest BCUT2D eigenvalue weighted by molar-refractivity contribution is 0.0634. The number of nitrogen functional groups attached to an aromatic ring is 1. The van der Waals surface area contributed by atoms with Crippen molar-refractivity contribution in [3.05, 3.63) is 5.69 Å². The van der Waals surface area contributed by atoms with Crippen LogP contribution in [0.1, 0.15) is 31.3 Å². The van der Waals surface area contributed by atoms with Crippen LogP contribution >= 0.6 is 0 Å². The van der Waals surface area contributed by atoms with Gasteiger partial charge in [-0.2, -0.15) is 0 Å². The lowest BCUT2D eigenvalue weighted by Crippen LogP contribution is -2.32. The van der Waals surface area contributed by atoms with Crippen LogP contribution in [0, 0.1) is 0 Å². The zero-order chi connectivity index (χ0) is 13.1. The first-order valence-corrected chi connectivity index (χ1v) is 4.67. The highest BCUT2D eigenvalue weighted by molar-refractivity contribution is 5.99. The number of ether oxygens (including phenoxy) is 1. The first kappa shape index (κ1) is 12.9. The molecule has 0 aromatic carbocycles. The summed E-state index contributed by atoms with van der Waals surface area (Å²) in [7, 11) is 0. The summed E-state index contributed by atoms with van der Waals surface area (Å²) in [6, 6.07) is 0. The molecule has 0 fully saturated rings. The van der Waals surface area contributed by atoms with Gasteiger partial charge in [-0.25, -0.2) is 15.3 Å². The molecule has 0 aliphatic rings. The standard InChI is InChI=1S/C8H13N5O4/c1-8(2,3)16-7(15)10-5-4(6(14)11-9)12-17-13-5/h9H2,1-3H3,(H,11,14)(H,10,13,15). The van der Waals surface area contributed by atoms with E-state index >= 15 is 0 Å². The number of carbonyl (C=O) groups excluding carboxylic acids is 2. The van der Waals surface area contributed by atoms with Gasteiger partial charge in [-0.1, -0.05) is 0 Å². The molecule has 0 saturated carbocycles. The average molecular weight is 243 g/mol. The Morgan fingerprint density at radius 3 is 2.53 bits per heavy atom. The highest BCUT2D eigenvalue weighted by Crippen LogP contribution is 2.12. The summed E-state index contributed by atoms with van der Waals surface area (Å²) in [5.41, 5.74) is 0.929. The van der Waals surface area contributed by atoms with Gasteiger partial charge in [0.15, 0.2) is 0 Å². The van der Waals surface area contributed by atoms with Crippen LogP contribution in [-0.4, -0.2) is 27.9 Å². The quantitative estimate of drug-likeness (QED) is 0.379. The molecule has 0 spiro atoms. The molecule has 94 valence electrons. The van der Waals surface area contributed by atoms with Crippen molar-refractivity contribution in [2.45, 2.75) is 26.4 Å². The summed E-state index contributed by atoms with van der Waals surface area (Å²) in [6.45, 7) is 5.09. The lowest BCUT2D eigenvalue weighted by Gasteiger charge is -2.18.